The molecule has 1 aliphatic carbocycles. The van der Waals surface area contributed by atoms with Crippen molar-refractivity contribution in [3.63, 3.8) is 0 Å². The van der Waals surface area contributed by atoms with Crippen LogP contribution in [0.25, 0.3) is 0 Å². The molecular formula is C21H24N4O2. The Balaban J connectivity index is 1.52. The molecule has 140 valence electrons. The third-order valence-electron chi connectivity index (χ3n) is 5.37. The highest BCUT2D eigenvalue weighted by atomic mass is 16.2. The maximum absolute atomic E-state index is 13.2. The summed E-state index contributed by atoms with van der Waals surface area (Å²) in [6, 6.07) is 13.4. The first-order valence-corrected chi connectivity index (χ1v) is 9.50. The molecule has 1 saturated heterocycles. The summed E-state index contributed by atoms with van der Waals surface area (Å²) >= 11 is 0. The first-order valence-electron chi connectivity index (χ1n) is 9.50. The summed E-state index contributed by atoms with van der Waals surface area (Å²) in [5.41, 5.74) is 0.825. The number of aromatic nitrogens is 1. The van der Waals surface area contributed by atoms with Crippen LogP contribution >= 0.6 is 0 Å². The van der Waals surface area contributed by atoms with Gasteiger partial charge in [0.05, 0.1) is 11.9 Å². The fraction of sp³-hybridized carbons (Fsp3) is 0.381. The van der Waals surface area contributed by atoms with Crippen LogP contribution in [0.5, 0.6) is 0 Å². The number of pyridine rings is 1. The molecule has 1 aromatic carbocycles. The van der Waals surface area contributed by atoms with Crippen molar-refractivity contribution in [3.8, 4) is 0 Å². The summed E-state index contributed by atoms with van der Waals surface area (Å²) in [6.07, 6.45) is 6.48. The van der Waals surface area contributed by atoms with Crippen LogP contribution in [0.2, 0.25) is 0 Å². The Morgan fingerprint density at radius 2 is 1.70 bits per heavy atom. The summed E-state index contributed by atoms with van der Waals surface area (Å²) in [5.74, 6) is 0.373. The zero-order chi connectivity index (χ0) is 18.7. The van der Waals surface area contributed by atoms with Gasteiger partial charge in [0.25, 0.3) is 0 Å². The number of nitrogens with zero attached hydrogens (tertiary/aromatic N) is 2. The van der Waals surface area contributed by atoms with E-state index >= 15 is 0 Å². The number of likely N-dealkylation sites (tertiary alicyclic amines) is 1. The molecule has 1 saturated carbocycles. The van der Waals surface area contributed by atoms with E-state index in [0.29, 0.717) is 31.6 Å². The SMILES string of the molecule is O=C(C1CC1)N1CCC(Nc2ccccc2)(C(=O)Nc2cccnc2)CC1. The van der Waals surface area contributed by atoms with Crippen molar-refractivity contribution in [3.05, 3.63) is 54.9 Å². The van der Waals surface area contributed by atoms with Gasteiger partial charge in [-0.2, -0.15) is 0 Å². The summed E-state index contributed by atoms with van der Waals surface area (Å²) in [4.78, 5) is 31.6. The van der Waals surface area contributed by atoms with Crippen LogP contribution in [-0.4, -0.2) is 40.3 Å². The van der Waals surface area contributed by atoms with E-state index in [2.05, 4.69) is 15.6 Å². The lowest BCUT2D eigenvalue weighted by atomic mass is 9.85. The number of nitrogens with one attached hydrogen (secondary N) is 2. The normalized spacial score (nSPS) is 18.6. The number of hydrogen-bond acceptors (Lipinski definition) is 4. The summed E-state index contributed by atoms with van der Waals surface area (Å²) < 4.78 is 0. The molecule has 6 nitrogen and oxygen atoms in total. The Hall–Kier alpha value is -2.89. The van der Waals surface area contributed by atoms with Crippen molar-refractivity contribution >= 4 is 23.2 Å². The second kappa shape index (κ2) is 7.39. The van der Waals surface area contributed by atoms with E-state index in [1.165, 1.54) is 0 Å². The number of piperidine rings is 1. The van der Waals surface area contributed by atoms with Crippen LogP contribution < -0.4 is 10.6 Å². The standard InChI is InChI=1S/C21H24N4O2/c26-19(16-8-9-16)25-13-10-21(11-14-25,24-17-5-2-1-3-6-17)20(27)23-18-7-4-12-22-15-18/h1-7,12,15-16,24H,8-11,13-14H2,(H,23,27). The molecule has 0 bridgehead atoms. The van der Waals surface area contributed by atoms with Gasteiger partial charge in [0.1, 0.15) is 5.54 Å². The molecule has 0 atom stereocenters. The first kappa shape index (κ1) is 17.5. The summed E-state index contributed by atoms with van der Waals surface area (Å²) in [6.45, 7) is 1.19. The second-order valence-corrected chi connectivity index (χ2v) is 7.37. The maximum Gasteiger partial charge on any atom is 0.250 e. The van der Waals surface area contributed by atoms with Crippen LogP contribution in [0.3, 0.4) is 0 Å². The molecule has 2 fully saturated rings. The smallest absolute Gasteiger partial charge is 0.250 e. The number of hydrogen-bond donors (Lipinski definition) is 2. The van der Waals surface area contributed by atoms with Gasteiger partial charge in [-0.1, -0.05) is 18.2 Å². The largest absolute Gasteiger partial charge is 0.371 e. The molecule has 0 unspecified atom stereocenters. The van der Waals surface area contributed by atoms with E-state index in [1.54, 1.807) is 18.5 Å². The third-order valence-corrected chi connectivity index (χ3v) is 5.37. The molecule has 4 rings (SSSR count). The molecule has 0 radical (unpaired) electrons. The Labute approximate surface area is 159 Å². The number of carbonyl (C=O) groups excluding carboxylic acids is 2. The van der Waals surface area contributed by atoms with E-state index in [1.807, 2.05) is 41.3 Å². The van der Waals surface area contributed by atoms with Gasteiger partial charge in [0, 0.05) is 30.9 Å². The molecule has 27 heavy (non-hydrogen) atoms. The van der Waals surface area contributed by atoms with E-state index < -0.39 is 5.54 Å². The minimum Gasteiger partial charge on any atom is -0.371 e. The quantitative estimate of drug-likeness (QED) is 0.855. The van der Waals surface area contributed by atoms with Gasteiger partial charge in [-0.15, -0.1) is 0 Å². The van der Waals surface area contributed by atoms with E-state index in [0.717, 1.165) is 18.5 Å². The second-order valence-electron chi connectivity index (χ2n) is 7.37. The zero-order valence-corrected chi connectivity index (χ0v) is 15.2. The highest BCUT2D eigenvalue weighted by molar-refractivity contribution is 6.00. The van der Waals surface area contributed by atoms with Crippen molar-refractivity contribution in [2.24, 2.45) is 5.92 Å². The summed E-state index contributed by atoms with van der Waals surface area (Å²) in [7, 11) is 0. The van der Waals surface area contributed by atoms with E-state index in [4.69, 9.17) is 0 Å². The average Bonchev–Trinajstić information content (AvgIpc) is 3.55. The predicted octanol–water partition coefficient (Wildman–Crippen LogP) is 2.90. The van der Waals surface area contributed by atoms with Gasteiger partial charge in [0.15, 0.2) is 0 Å². The Morgan fingerprint density at radius 3 is 2.33 bits per heavy atom. The van der Waals surface area contributed by atoms with Crippen LogP contribution in [-0.2, 0) is 9.59 Å². The Morgan fingerprint density at radius 1 is 1.00 bits per heavy atom. The lowest BCUT2D eigenvalue weighted by Gasteiger charge is -2.41. The van der Waals surface area contributed by atoms with Crippen molar-refractivity contribution in [1.29, 1.82) is 0 Å². The number of rotatable bonds is 5. The molecule has 6 heteroatoms. The lowest BCUT2D eigenvalue weighted by Crippen LogP contribution is -2.57. The van der Waals surface area contributed by atoms with Crippen LogP contribution in [0.4, 0.5) is 11.4 Å². The Bertz CT molecular complexity index is 797. The topological polar surface area (TPSA) is 74.3 Å². The molecule has 2 N–H and O–H groups in total. The number of para-hydroxylation sites is 1. The molecule has 2 amide bonds. The number of anilines is 2. The van der Waals surface area contributed by atoms with E-state index in [9.17, 15) is 9.59 Å². The van der Waals surface area contributed by atoms with Crippen LogP contribution in [0.1, 0.15) is 25.7 Å². The van der Waals surface area contributed by atoms with Gasteiger partial charge in [-0.05, 0) is 49.9 Å². The van der Waals surface area contributed by atoms with Gasteiger partial charge in [-0.3, -0.25) is 14.6 Å². The highest BCUT2D eigenvalue weighted by Crippen LogP contribution is 2.34. The van der Waals surface area contributed by atoms with Crippen LogP contribution in [0.15, 0.2) is 54.9 Å². The zero-order valence-electron chi connectivity index (χ0n) is 15.2. The van der Waals surface area contributed by atoms with Gasteiger partial charge < -0.3 is 15.5 Å². The maximum atomic E-state index is 13.2. The number of benzene rings is 1. The molecule has 0 spiro atoms. The molecule has 1 aromatic heterocycles. The first-order chi connectivity index (χ1) is 13.2. The monoisotopic (exact) mass is 364 g/mol. The molecule has 2 heterocycles. The number of carbonyl (C=O) groups is 2. The molecule has 1 aliphatic heterocycles. The molecule has 2 aromatic rings. The van der Waals surface area contributed by atoms with Gasteiger partial charge in [0.2, 0.25) is 11.8 Å². The summed E-state index contributed by atoms with van der Waals surface area (Å²) in [5, 5.41) is 6.43. The van der Waals surface area contributed by atoms with Crippen molar-refractivity contribution in [1.82, 2.24) is 9.88 Å². The van der Waals surface area contributed by atoms with Crippen molar-refractivity contribution in [2.75, 3.05) is 23.7 Å². The van der Waals surface area contributed by atoms with Crippen molar-refractivity contribution in [2.45, 2.75) is 31.2 Å². The van der Waals surface area contributed by atoms with Crippen LogP contribution in [0, 0.1) is 5.92 Å². The minimum atomic E-state index is -0.752. The Kier molecular flexibility index (Phi) is 4.79. The fourth-order valence-corrected chi connectivity index (χ4v) is 3.59. The number of amides is 2. The van der Waals surface area contributed by atoms with Gasteiger partial charge >= 0.3 is 0 Å². The fourth-order valence-electron chi connectivity index (χ4n) is 3.59. The highest BCUT2D eigenvalue weighted by Gasteiger charge is 2.44. The van der Waals surface area contributed by atoms with Crippen molar-refractivity contribution < 1.29 is 9.59 Å². The lowest BCUT2D eigenvalue weighted by molar-refractivity contribution is -0.135. The molecule has 2 aliphatic rings. The predicted molar refractivity (Wildman–Crippen MR) is 104 cm³/mol. The van der Waals surface area contributed by atoms with Gasteiger partial charge in [-0.25, -0.2) is 0 Å². The third kappa shape index (κ3) is 3.94. The average molecular weight is 364 g/mol. The minimum absolute atomic E-state index is 0.0853. The van der Waals surface area contributed by atoms with E-state index in [-0.39, 0.29) is 17.7 Å². The molecular weight excluding hydrogens is 340 g/mol.